The van der Waals surface area contributed by atoms with Crippen LogP contribution in [0.25, 0.3) is 0 Å². The molecule has 204 valence electrons. The van der Waals surface area contributed by atoms with Gasteiger partial charge in [0.25, 0.3) is 0 Å². The zero-order valence-electron chi connectivity index (χ0n) is 21.9. The van der Waals surface area contributed by atoms with Crippen molar-refractivity contribution in [3.05, 3.63) is 66.7 Å². The third-order valence-electron chi connectivity index (χ3n) is 6.27. The summed E-state index contributed by atoms with van der Waals surface area (Å²) in [5, 5.41) is 0. The second-order valence-electron chi connectivity index (χ2n) is 9.13. The topological polar surface area (TPSA) is 97.4 Å². The van der Waals surface area contributed by atoms with Gasteiger partial charge in [-0.25, -0.2) is 9.59 Å². The van der Waals surface area contributed by atoms with Gasteiger partial charge in [0, 0.05) is 6.08 Å². The summed E-state index contributed by atoms with van der Waals surface area (Å²) in [6.45, 7) is 5.91. The van der Waals surface area contributed by atoms with E-state index in [9.17, 15) is 14.4 Å². The van der Waals surface area contributed by atoms with Crippen molar-refractivity contribution in [2.24, 2.45) is 5.92 Å². The highest BCUT2D eigenvalue weighted by Gasteiger charge is 2.30. The summed E-state index contributed by atoms with van der Waals surface area (Å²) >= 11 is 0. The number of esters is 3. The van der Waals surface area contributed by atoms with Crippen LogP contribution in [0, 0.1) is 5.92 Å². The van der Waals surface area contributed by atoms with Crippen molar-refractivity contribution >= 4 is 17.9 Å². The van der Waals surface area contributed by atoms with Crippen molar-refractivity contribution in [2.45, 2.75) is 64.4 Å². The molecule has 0 aliphatic heterocycles. The Balaban J connectivity index is 1.36. The van der Waals surface area contributed by atoms with Crippen LogP contribution in [0.4, 0.5) is 0 Å². The van der Waals surface area contributed by atoms with Gasteiger partial charge in [0.05, 0.1) is 18.1 Å². The van der Waals surface area contributed by atoms with Crippen LogP contribution in [-0.4, -0.2) is 37.4 Å². The molecule has 1 saturated carbocycles. The molecule has 0 amide bonds. The maximum Gasteiger partial charge on any atom is 0.338 e. The monoisotopic (exact) mass is 524 g/mol. The molecule has 0 saturated heterocycles. The molecule has 0 unspecified atom stereocenters. The van der Waals surface area contributed by atoms with E-state index in [4.69, 9.17) is 23.7 Å². The summed E-state index contributed by atoms with van der Waals surface area (Å²) in [5.41, 5.74) is 0.385. The maximum atomic E-state index is 12.6. The highest BCUT2D eigenvalue weighted by Crippen LogP contribution is 2.29. The number of carbonyl (C=O) groups is 3. The number of hydrogen-bond acceptors (Lipinski definition) is 8. The first-order chi connectivity index (χ1) is 18.5. The summed E-state index contributed by atoms with van der Waals surface area (Å²) < 4.78 is 27.0. The second-order valence-corrected chi connectivity index (χ2v) is 9.13. The minimum atomic E-state index is -0.583. The largest absolute Gasteiger partial charge is 0.494 e. The van der Waals surface area contributed by atoms with Crippen LogP contribution in [0.1, 0.15) is 68.6 Å². The van der Waals surface area contributed by atoms with Crippen LogP contribution in [0.5, 0.6) is 17.2 Å². The van der Waals surface area contributed by atoms with Gasteiger partial charge in [-0.05, 0) is 80.6 Å². The van der Waals surface area contributed by atoms with Gasteiger partial charge in [-0.1, -0.05) is 32.8 Å². The summed E-state index contributed by atoms with van der Waals surface area (Å²) in [4.78, 5) is 36.2. The first-order valence-electron chi connectivity index (χ1n) is 13.2. The normalized spacial score (nSPS) is 16.7. The number of carbonyl (C=O) groups excluding carboxylic acids is 3. The molecule has 38 heavy (non-hydrogen) atoms. The lowest BCUT2D eigenvalue weighted by Crippen LogP contribution is -2.30. The molecule has 0 spiro atoms. The molecule has 1 fully saturated rings. The second kappa shape index (κ2) is 15.4. The van der Waals surface area contributed by atoms with E-state index >= 15 is 0 Å². The van der Waals surface area contributed by atoms with Gasteiger partial charge in [-0.2, -0.15) is 0 Å². The Morgan fingerprint density at radius 2 is 1.47 bits per heavy atom. The van der Waals surface area contributed by atoms with Crippen molar-refractivity contribution in [3.63, 3.8) is 0 Å². The molecule has 8 nitrogen and oxygen atoms in total. The molecule has 8 heteroatoms. The van der Waals surface area contributed by atoms with E-state index in [2.05, 4.69) is 13.5 Å². The lowest BCUT2D eigenvalue weighted by atomic mass is 9.87. The predicted octanol–water partition coefficient (Wildman–Crippen LogP) is 6.03. The summed E-state index contributed by atoms with van der Waals surface area (Å²) in [7, 11) is 0. The smallest absolute Gasteiger partial charge is 0.338 e. The van der Waals surface area contributed by atoms with Crippen LogP contribution in [0.2, 0.25) is 0 Å². The minimum Gasteiger partial charge on any atom is -0.494 e. The van der Waals surface area contributed by atoms with Gasteiger partial charge in [0.15, 0.2) is 0 Å². The molecular weight excluding hydrogens is 488 g/mol. The summed E-state index contributed by atoms with van der Waals surface area (Å²) in [5.74, 6) is 0.188. The average Bonchev–Trinajstić information content (AvgIpc) is 2.94. The molecule has 0 atom stereocenters. The Hall–Kier alpha value is -3.81. The van der Waals surface area contributed by atoms with Gasteiger partial charge >= 0.3 is 17.9 Å². The fourth-order valence-corrected chi connectivity index (χ4v) is 4.06. The van der Waals surface area contributed by atoms with Crippen LogP contribution in [-0.2, 0) is 19.1 Å². The van der Waals surface area contributed by atoms with E-state index < -0.39 is 11.9 Å². The van der Waals surface area contributed by atoms with E-state index in [0.29, 0.717) is 49.4 Å². The quantitative estimate of drug-likeness (QED) is 0.0971. The van der Waals surface area contributed by atoms with E-state index in [0.717, 1.165) is 24.7 Å². The number of unbranched alkanes of at least 4 members (excludes halogenated alkanes) is 3. The molecular formula is C30H36O8. The molecule has 2 aromatic carbocycles. The molecule has 0 bridgehead atoms. The zero-order chi connectivity index (χ0) is 27.2. The van der Waals surface area contributed by atoms with Crippen molar-refractivity contribution in [2.75, 3.05) is 13.4 Å². The van der Waals surface area contributed by atoms with Crippen LogP contribution in [0.15, 0.2) is 61.2 Å². The Kier molecular flexibility index (Phi) is 11.7. The summed E-state index contributed by atoms with van der Waals surface area (Å²) in [6, 6.07) is 13.5. The summed E-state index contributed by atoms with van der Waals surface area (Å²) in [6.07, 6.45) is 7.74. The Morgan fingerprint density at radius 1 is 0.842 bits per heavy atom. The van der Waals surface area contributed by atoms with Gasteiger partial charge in [-0.3, -0.25) is 4.79 Å². The zero-order valence-corrected chi connectivity index (χ0v) is 21.9. The Labute approximate surface area is 223 Å². The van der Waals surface area contributed by atoms with Crippen molar-refractivity contribution in [1.29, 1.82) is 0 Å². The van der Waals surface area contributed by atoms with Gasteiger partial charge < -0.3 is 23.7 Å². The maximum absolute atomic E-state index is 12.6. The van der Waals surface area contributed by atoms with Gasteiger partial charge in [0.2, 0.25) is 6.79 Å². The van der Waals surface area contributed by atoms with Crippen LogP contribution in [0.3, 0.4) is 0 Å². The van der Waals surface area contributed by atoms with Crippen molar-refractivity contribution < 1.29 is 38.1 Å². The third-order valence-corrected chi connectivity index (χ3v) is 6.27. The average molecular weight is 525 g/mol. The fourth-order valence-electron chi connectivity index (χ4n) is 4.06. The first-order valence-corrected chi connectivity index (χ1v) is 13.2. The van der Waals surface area contributed by atoms with E-state index in [-0.39, 0.29) is 24.8 Å². The molecule has 2 aromatic rings. The standard InChI is InChI=1S/C30H36O8/c1-3-5-6-7-20-34-24-16-18-27(19-17-24)38-30(33)23-10-14-26(15-11-23)37-29(32)22-8-12-25(13-9-22)35-21-36-28(31)4-2/h4,8-9,12-13,16-19,23,26H,2-3,5-7,10-11,14-15,20-21H2,1H3. The highest BCUT2D eigenvalue weighted by atomic mass is 16.7. The number of benzene rings is 2. The van der Waals surface area contributed by atoms with E-state index in [1.165, 1.54) is 12.8 Å². The van der Waals surface area contributed by atoms with Gasteiger partial charge in [-0.15, -0.1) is 0 Å². The molecule has 0 aromatic heterocycles. The molecule has 0 radical (unpaired) electrons. The predicted molar refractivity (Wildman–Crippen MR) is 141 cm³/mol. The lowest BCUT2D eigenvalue weighted by Gasteiger charge is -2.27. The van der Waals surface area contributed by atoms with E-state index in [1.54, 1.807) is 36.4 Å². The Bertz CT molecular complexity index is 1040. The molecule has 0 N–H and O–H groups in total. The fraction of sp³-hybridized carbons (Fsp3) is 0.433. The van der Waals surface area contributed by atoms with Crippen LogP contribution < -0.4 is 14.2 Å². The number of hydrogen-bond donors (Lipinski definition) is 0. The lowest BCUT2D eigenvalue weighted by molar-refractivity contribution is -0.144. The molecule has 0 heterocycles. The number of rotatable bonds is 14. The van der Waals surface area contributed by atoms with Gasteiger partial charge in [0.1, 0.15) is 23.4 Å². The first kappa shape index (κ1) is 28.8. The SMILES string of the molecule is C=CC(=O)OCOc1ccc(C(=O)OC2CCC(C(=O)Oc3ccc(OCCCCCC)cc3)CC2)cc1. The third kappa shape index (κ3) is 9.57. The number of ether oxygens (including phenoxy) is 5. The van der Waals surface area contributed by atoms with Crippen molar-refractivity contribution in [1.82, 2.24) is 0 Å². The molecule has 1 aliphatic carbocycles. The van der Waals surface area contributed by atoms with Crippen molar-refractivity contribution in [3.8, 4) is 17.2 Å². The highest BCUT2D eigenvalue weighted by molar-refractivity contribution is 5.89. The van der Waals surface area contributed by atoms with Crippen LogP contribution >= 0.6 is 0 Å². The molecule has 3 rings (SSSR count). The van der Waals surface area contributed by atoms with E-state index in [1.807, 2.05) is 12.1 Å². The minimum absolute atomic E-state index is 0.230. The molecule has 1 aliphatic rings. The Morgan fingerprint density at radius 3 is 2.13 bits per heavy atom.